The molecule has 0 amide bonds. The van der Waals surface area contributed by atoms with Crippen molar-refractivity contribution in [1.82, 2.24) is 10.2 Å². The van der Waals surface area contributed by atoms with Crippen LogP contribution in [0.1, 0.15) is 27.7 Å². The van der Waals surface area contributed by atoms with Crippen LogP contribution in [-0.4, -0.2) is 48.1 Å². The average molecular weight is 230 g/mol. The molecule has 1 rings (SSSR count). The number of thioether (sulfide) groups is 1. The highest BCUT2D eigenvalue weighted by molar-refractivity contribution is 8.00. The Morgan fingerprint density at radius 3 is 2.73 bits per heavy atom. The number of nitrogens with zero attached hydrogens (tertiary/aromatic N) is 1. The predicted molar refractivity (Wildman–Crippen MR) is 70.7 cm³/mol. The SMILES string of the molecule is CC(C)CNCCN1CCSC(C)(C)C1. The monoisotopic (exact) mass is 230 g/mol. The van der Waals surface area contributed by atoms with Crippen LogP contribution in [0.3, 0.4) is 0 Å². The van der Waals surface area contributed by atoms with Crippen molar-refractivity contribution in [3.05, 3.63) is 0 Å². The molecule has 0 aromatic carbocycles. The van der Waals surface area contributed by atoms with Gasteiger partial charge in [-0.3, -0.25) is 4.90 Å². The summed E-state index contributed by atoms with van der Waals surface area (Å²) >= 11 is 2.11. The van der Waals surface area contributed by atoms with E-state index in [0.717, 1.165) is 19.0 Å². The first-order valence-corrected chi connectivity index (χ1v) is 7.05. The standard InChI is InChI=1S/C12H26N2S/c1-11(2)9-13-5-6-14-7-8-15-12(3,4)10-14/h11,13H,5-10H2,1-4H3. The van der Waals surface area contributed by atoms with E-state index in [1.807, 2.05) is 0 Å². The number of rotatable bonds is 5. The molecule has 15 heavy (non-hydrogen) atoms. The van der Waals surface area contributed by atoms with Crippen LogP contribution in [0.5, 0.6) is 0 Å². The molecule has 0 aromatic heterocycles. The Bertz CT molecular complexity index is 180. The second kappa shape index (κ2) is 6.12. The summed E-state index contributed by atoms with van der Waals surface area (Å²) in [6.07, 6.45) is 0. The van der Waals surface area contributed by atoms with Crippen LogP contribution in [-0.2, 0) is 0 Å². The Labute approximate surface area is 99.2 Å². The largest absolute Gasteiger partial charge is 0.315 e. The summed E-state index contributed by atoms with van der Waals surface area (Å²) in [5.74, 6) is 2.05. The van der Waals surface area contributed by atoms with Gasteiger partial charge in [0.15, 0.2) is 0 Å². The fourth-order valence-corrected chi connectivity index (χ4v) is 3.11. The molecule has 0 saturated carbocycles. The minimum atomic E-state index is 0.455. The second-order valence-corrected chi connectivity index (χ2v) is 7.28. The normalized spacial score (nSPS) is 22.2. The van der Waals surface area contributed by atoms with Gasteiger partial charge in [0.2, 0.25) is 0 Å². The van der Waals surface area contributed by atoms with Gasteiger partial charge in [0.1, 0.15) is 0 Å². The predicted octanol–water partition coefficient (Wildman–Crippen LogP) is 2.06. The topological polar surface area (TPSA) is 15.3 Å². The van der Waals surface area contributed by atoms with Crippen LogP contribution in [0.15, 0.2) is 0 Å². The van der Waals surface area contributed by atoms with Crippen molar-refractivity contribution in [2.45, 2.75) is 32.4 Å². The molecular weight excluding hydrogens is 204 g/mol. The molecule has 0 spiro atoms. The Kier molecular flexibility index (Phi) is 5.44. The summed E-state index contributed by atoms with van der Waals surface area (Å²) in [6, 6.07) is 0. The van der Waals surface area contributed by atoms with E-state index in [4.69, 9.17) is 0 Å². The molecule has 90 valence electrons. The van der Waals surface area contributed by atoms with E-state index in [2.05, 4.69) is 49.7 Å². The van der Waals surface area contributed by atoms with Gasteiger partial charge in [0, 0.05) is 36.7 Å². The lowest BCUT2D eigenvalue weighted by Crippen LogP contribution is -2.45. The Hall–Kier alpha value is 0.270. The lowest BCUT2D eigenvalue weighted by Gasteiger charge is -2.37. The van der Waals surface area contributed by atoms with Gasteiger partial charge in [0.05, 0.1) is 0 Å². The summed E-state index contributed by atoms with van der Waals surface area (Å²) in [7, 11) is 0. The summed E-state index contributed by atoms with van der Waals surface area (Å²) in [4.78, 5) is 2.59. The van der Waals surface area contributed by atoms with Crippen LogP contribution < -0.4 is 5.32 Å². The molecule has 1 saturated heterocycles. The van der Waals surface area contributed by atoms with E-state index in [9.17, 15) is 0 Å². The first-order chi connectivity index (χ1) is 6.99. The van der Waals surface area contributed by atoms with E-state index in [1.54, 1.807) is 0 Å². The number of hydrogen-bond donors (Lipinski definition) is 1. The van der Waals surface area contributed by atoms with Gasteiger partial charge >= 0.3 is 0 Å². The number of nitrogens with one attached hydrogen (secondary N) is 1. The highest BCUT2D eigenvalue weighted by Crippen LogP contribution is 2.28. The molecule has 1 N–H and O–H groups in total. The van der Waals surface area contributed by atoms with E-state index in [0.29, 0.717) is 4.75 Å². The fraction of sp³-hybridized carbons (Fsp3) is 1.00. The summed E-state index contributed by atoms with van der Waals surface area (Å²) in [6.45, 7) is 15.2. The maximum atomic E-state index is 3.51. The second-order valence-electron chi connectivity index (χ2n) is 5.48. The molecule has 0 atom stereocenters. The fourth-order valence-electron chi connectivity index (χ4n) is 1.93. The van der Waals surface area contributed by atoms with Gasteiger partial charge < -0.3 is 5.32 Å². The van der Waals surface area contributed by atoms with Crippen LogP contribution in [0.4, 0.5) is 0 Å². The minimum Gasteiger partial charge on any atom is -0.315 e. The average Bonchev–Trinajstić information content (AvgIpc) is 2.10. The Morgan fingerprint density at radius 1 is 1.40 bits per heavy atom. The molecule has 0 radical (unpaired) electrons. The van der Waals surface area contributed by atoms with Gasteiger partial charge in [-0.15, -0.1) is 0 Å². The van der Waals surface area contributed by atoms with Crippen LogP contribution in [0.25, 0.3) is 0 Å². The molecule has 3 heteroatoms. The highest BCUT2D eigenvalue weighted by Gasteiger charge is 2.26. The van der Waals surface area contributed by atoms with Gasteiger partial charge in [-0.05, 0) is 26.3 Å². The third-order valence-electron chi connectivity index (χ3n) is 2.66. The zero-order valence-electron chi connectivity index (χ0n) is 10.7. The molecule has 0 bridgehead atoms. The molecule has 1 fully saturated rings. The van der Waals surface area contributed by atoms with Crippen LogP contribution in [0.2, 0.25) is 0 Å². The molecule has 0 aliphatic carbocycles. The summed E-state index contributed by atoms with van der Waals surface area (Å²) < 4.78 is 0.455. The van der Waals surface area contributed by atoms with Gasteiger partial charge in [0.25, 0.3) is 0 Å². The minimum absolute atomic E-state index is 0.455. The van der Waals surface area contributed by atoms with Crippen LogP contribution >= 0.6 is 11.8 Å². The third-order valence-corrected chi connectivity index (χ3v) is 3.96. The van der Waals surface area contributed by atoms with E-state index >= 15 is 0 Å². The van der Waals surface area contributed by atoms with Gasteiger partial charge in [-0.1, -0.05) is 13.8 Å². The van der Waals surface area contributed by atoms with Gasteiger partial charge in [-0.25, -0.2) is 0 Å². The van der Waals surface area contributed by atoms with E-state index < -0.39 is 0 Å². The summed E-state index contributed by atoms with van der Waals surface area (Å²) in [5.41, 5.74) is 0. The zero-order valence-corrected chi connectivity index (χ0v) is 11.5. The van der Waals surface area contributed by atoms with Crippen molar-refractivity contribution in [2.24, 2.45) is 5.92 Å². The van der Waals surface area contributed by atoms with Crippen molar-refractivity contribution in [2.75, 3.05) is 38.5 Å². The quantitative estimate of drug-likeness (QED) is 0.728. The van der Waals surface area contributed by atoms with Crippen molar-refractivity contribution >= 4 is 11.8 Å². The van der Waals surface area contributed by atoms with E-state index in [-0.39, 0.29) is 0 Å². The summed E-state index contributed by atoms with van der Waals surface area (Å²) in [5, 5.41) is 3.51. The smallest absolute Gasteiger partial charge is 0.0231 e. The van der Waals surface area contributed by atoms with E-state index in [1.165, 1.54) is 25.4 Å². The van der Waals surface area contributed by atoms with Crippen molar-refractivity contribution in [3.8, 4) is 0 Å². The highest BCUT2D eigenvalue weighted by atomic mass is 32.2. The maximum absolute atomic E-state index is 3.51. The lowest BCUT2D eigenvalue weighted by atomic mass is 10.2. The zero-order chi connectivity index (χ0) is 11.3. The van der Waals surface area contributed by atoms with Gasteiger partial charge in [-0.2, -0.15) is 11.8 Å². The Morgan fingerprint density at radius 2 is 2.13 bits per heavy atom. The molecule has 1 aliphatic heterocycles. The van der Waals surface area contributed by atoms with Crippen molar-refractivity contribution < 1.29 is 0 Å². The lowest BCUT2D eigenvalue weighted by molar-refractivity contribution is 0.259. The third kappa shape index (κ3) is 5.79. The molecule has 1 heterocycles. The Balaban J connectivity index is 2.11. The molecule has 1 aliphatic rings. The first-order valence-electron chi connectivity index (χ1n) is 6.07. The first kappa shape index (κ1) is 13.3. The molecule has 0 aromatic rings. The molecule has 2 nitrogen and oxygen atoms in total. The van der Waals surface area contributed by atoms with Crippen molar-refractivity contribution in [1.29, 1.82) is 0 Å². The molecule has 0 unspecified atom stereocenters. The van der Waals surface area contributed by atoms with Crippen LogP contribution in [0, 0.1) is 5.92 Å². The number of hydrogen-bond acceptors (Lipinski definition) is 3. The molecular formula is C12H26N2S. The van der Waals surface area contributed by atoms with Crippen molar-refractivity contribution in [3.63, 3.8) is 0 Å². The maximum Gasteiger partial charge on any atom is 0.0231 e.